The van der Waals surface area contributed by atoms with Gasteiger partial charge >= 0.3 is 7.12 Å². The Kier molecular flexibility index (Phi) is 5.33. The smallest absolute Gasteiger partial charge is 0.423 e. The molecule has 0 atom stereocenters. The second-order valence-corrected chi connectivity index (χ2v) is 4.82. The predicted octanol–water partition coefficient (Wildman–Crippen LogP) is 1.14. The summed E-state index contributed by atoms with van der Waals surface area (Å²) < 4.78 is 5.51. The second-order valence-electron chi connectivity index (χ2n) is 4.82. The third-order valence-corrected chi connectivity index (χ3v) is 2.90. The van der Waals surface area contributed by atoms with Crippen LogP contribution in [0.4, 0.5) is 5.69 Å². The van der Waals surface area contributed by atoms with Crippen LogP contribution in [0, 0.1) is 0 Å². The minimum absolute atomic E-state index is 0.339. The van der Waals surface area contributed by atoms with E-state index in [1.54, 1.807) is 25.3 Å². The summed E-state index contributed by atoms with van der Waals surface area (Å²) in [5.74, 6) is 0. The molecule has 1 rings (SSSR count). The highest BCUT2D eigenvalue weighted by molar-refractivity contribution is 6.60. The Hall–Kier alpha value is -1.59. The topological polar surface area (TPSA) is 58.6 Å². The van der Waals surface area contributed by atoms with E-state index >= 15 is 0 Å². The van der Waals surface area contributed by atoms with Crippen LogP contribution in [0.15, 0.2) is 30.9 Å². The normalized spacial score (nSPS) is 10.9. The summed E-state index contributed by atoms with van der Waals surface area (Å²) in [7, 11) is 0.735. The minimum atomic E-state index is -1.04. The molecule has 0 bridgehead atoms. The lowest BCUT2D eigenvalue weighted by atomic mass is 9.77. The molecule has 1 aromatic carbocycles. The molecule has 0 amide bonds. The lowest BCUT2D eigenvalue weighted by Gasteiger charge is -2.23. The van der Waals surface area contributed by atoms with E-state index in [1.807, 2.05) is 19.9 Å². The molecule has 0 saturated heterocycles. The number of aldehydes is 1. The van der Waals surface area contributed by atoms with Crippen molar-refractivity contribution in [2.24, 2.45) is 0 Å². The molecule has 4 nitrogen and oxygen atoms in total. The van der Waals surface area contributed by atoms with Gasteiger partial charge in [0.1, 0.15) is 6.29 Å². The van der Waals surface area contributed by atoms with Crippen LogP contribution in [0.1, 0.15) is 19.4 Å². The van der Waals surface area contributed by atoms with Crippen molar-refractivity contribution in [1.82, 2.24) is 0 Å². The lowest BCUT2D eigenvalue weighted by molar-refractivity contribution is -0.107. The maximum absolute atomic E-state index is 10.6. The molecule has 0 aliphatic carbocycles. The molecule has 0 aliphatic heterocycles. The molecule has 0 unspecified atom stereocenters. The second kappa shape index (κ2) is 6.54. The minimum Gasteiger partial charge on any atom is -0.423 e. The van der Waals surface area contributed by atoms with Crippen LogP contribution < -0.4 is 10.8 Å². The van der Waals surface area contributed by atoms with Crippen molar-refractivity contribution < 1.29 is 14.5 Å². The van der Waals surface area contributed by atoms with E-state index in [2.05, 4.69) is 11.9 Å². The maximum Gasteiger partial charge on any atom is 0.491 e. The molecule has 2 N–H and O–H groups in total. The van der Waals surface area contributed by atoms with Gasteiger partial charge in [-0.3, -0.25) is 0 Å². The average molecular weight is 261 g/mol. The molecule has 1 aromatic rings. The van der Waals surface area contributed by atoms with Gasteiger partial charge in [0.15, 0.2) is 0 Å². The molecule has 19 heavy (non-hydrogen) atoms. The highest BCUT2D eigenvalue weighted by Crippen LogP contribution is 2.15. The summed E-state index contributed by atoms with van der Waals surface area (Å²) >= 11 is 0. The Morgan fingerprint density at radius 1 is 1.53 bits per heavy atom. The van der Waals surface area contributed by atoms with Crippen LogP contribution in [0.5, 0.6) is 0 Å². The van der Waals surface area contributed by atoms with Crippen LogP contribution in [0.2, 0.25) is 0 Å². The zero-order valence-electron chi connectivity index (χ0n) is 11.6. The maximum atomic E-state index is 10.6. The fraction of sp³-hybridized carbons (Fsp3) is 0.357. The van der Waals surface area contributed by atoms with Gasteiger partial charge in [0.2, 0.25) is 0 Å². The SMILES string of the molecule is C=CC(C)(C)OB(O)c1ccc(CC=O)c(NC)c1. The molecule has 0 radical (unpaired) electrons. The summed E-state index contributed by atoms with van der Waals surface area (Å²) in [6, 6.07) is 5.34. The quantitative estimate of drug-likeness (QED) is 0.439. The first-order valence-electron chi connectivity index (χ1n) is 6.17. The first-order chi connectivity index (χ1) is 8.93. The highest BCUT2D eigenvalue weighted by atomic mass is 16.5. The third-order valence-electron chi connectivity index (χ3n) is 2.90. The van der Waals surface area contributed by atoms with E-state index in [1.165, 1.54) is 0 Å². The van der Waals surface area contributed by atoms with Gasteiger partial charge in [0.25, 0.3) is 0 Å². The molecular weight excluding hydrogens is 241 g/mol. The predicted molar refractivity (Wildman–Crippen MR) is 78.7 cm³/mol. The summed E-state index contributed by atoms with van der Waals surface area (Å²) in [6.45, 7) is 7.31. The van der Waals surface area contributed by atoms with Crippen molar-refractivity contribution in [3.05, 3.63) is 36.4 Å². The van der Waals surface area contributed by atoms with Crippen LogP contribution >= 0.6 is 0 Å². The van der Waals surface area contributed by atoms with Crippen molar-refractivity contribution >= 4 is 24.6 Å². The molecule has 0 aromatic heterocycles. The highest BCUT2D eigenvalue weighted by Gasteiger charge is 2.25. The van der Waals surface area contributed by atoms with E-state index in [9.17, 15) is 9.82 Å². The molecule has 102 valence electrons. The number of carbonyl (C=O) groups is 1. The molecule has 0 spiro atoms. The van der Waals surface area contributed by atoms with Gasteiger partial charge in [-0.25, -0.2) is 0 Å². The van der Waals surface area contributed by atoms with Gasteiger partial charge in [-0.05, 0) is 30.9 Å². The van der Waals surface area contributed by atoms with E-state index < -0.39 is 12.7 Å². The van der Waals surface area contributed by atoms with Crippen molar-refractivity contribution in [2.45, 2.75) is 25.9 Å². The number of hydrogen-bond donors (Lipinski definition) is 2. The van der Waals surface area contributed by atoms with E-state index in [4.69, 9.17) is 4.65 Å². The van der Waals surface area contributed by atoms with Crippen LogP contribution in [-0.2, 0) is 15.9 Å². The Morgan fingerprint density at radius 3 is 2.74 bits per heavy atom. The van der Waals surface area contributed by atoms with Crippen LogP contribution in [0.25, 0.3) is 0 Å². The average Bonchev–Trinajstić information content (AvgIpc) is 2.39. The van der Waals surface area contributed by atoms with Crippen molar-refractivity contribution in [2.75, 3.05) is 12.4 Å². The first-order valence-corrected chi connectivity index (χ1v) is 6.17. The van der Waals surface area contributed by atoms with E-state index in [0.717, 1.165) is 17.5 Å². The number of anilines is 1. The van der Waals surface area contributed by atoms with Gasteiger partial charge < -0.3 is 19.8 Å². The Labute approximate surface area is 114 Å². The molecule has 0 fully saturated rings. The van der Waals surface area contributed by atoms with E-state index in [0.29, 0.717) is 11.9 Å². The van der Waals surface area contributed by atoms with Crippen molar-refractivity contribution in [1.29, 1.82) is 0 Å². The zero-order chi connectivity index (χ0) is 14.5. The number of rotatable bonds is 7. The fourth-order valence-corrected chi connectivity index (χ4v) is 1.65. The first kappa shape index (κ1) is 15.5. The largest absolute Gasteiger partial charge is 0.491 e. The van der Waals surface area contributed by atoms with Gasteiger partial charge in [-0.2, -0.15) is 0 Å². The number of benzene rings is 1. The number of hydrogen-bond acceptors (Lipinski definition) is 4. The van der Waals surface area contributed by atoms with E-state index in [-0.39, 0.29) is 0 Å². The standard InChI is InChI=1S/C14H20BNO3/c1-5-14(2,3)19-15(18)12-7-6-11(8-9-17)13(10-12)16-4/h5-7,9-10,16,18H,1,8H2,2-4H3. The van der Waals surface area contributed by atoms with Crippen LogP contribution in [-0.4, -0.2) is 31.1 Å². The molecular formula is C14H20BNO3. The third kappa shape index (κ3) is 4.22. The summed E-state index contributed by atoms with van der Waals surface area (Å²) in [5, 5.41) is 13.1. The van der Waals surface area contributed by atoms with Gasteiger partial charge in [0.05, 0.1) is 5.60 Å². The molecule has 0 heterocycles. The Morgan fingerprint density at radius 2 is 2.21 bits per heavy atom. The number of nitrogens with one attached hydrogen (secondary N) is 1. The van der Waals surface area contributed by atoms with Gasteiger partial charge in [-0.1, -0.05) is 18.2 Å². The Bertz CT molecular complexity index is 460. The number of carbonyl (C=O) groups excluding carboxylic acids is 1. The fourth-order valence-electron chi connectivity index (χ4n) is 1.65. The molecule has 0 aliphatic rings. The summed E-state index contributed by atoms with van der Waals surface area (Å²) in [6.07, 6.45) is 2.82. The van der Waals surface area contributed by atoms with Gasteiger partial charge in [-0.15, -0.1) is 6.58 Å². The lowest BCUT2D eigenvalue weighted by Crippen LogP contribution is -2.40. The monoisotopic (exact) mass is 261 g/mol. The van der Waals surface area contributed by atoms with Crippen LogP contribution in [0.3, 0.4) is 0 Å². The molecule has 5 heteroatoms. The summed E-state index contributed by atoms with van der Waals surface area (Å²) in [4.78, 5) is 10.6. The summed E-state index contributed by atoms with van der Waals surface area (Å²) in [5.41, 5.74) is 1.72. The van der Waals surface area contributed by atoms with Crippen molar-refractivity contribution in [3.63, 3.8) is 0 Å². The van der Waals surface area contributed by atoms with Crippen molar-refractivity contribution in [3.8, 4) is 0 Å². The zero-order valence-corrected chi connectivity index (χ0v) is 11.6. The Balaban J connectivity index is 2.95. The molecule has 0 saturated carbocycles. The van der Waals surface area contributed by atoms with Gasteiger partial charge in [0, 0.05) is 19.2 Å².